The fourth-order valence-electron chi connectivity index (χ4n) is 2.65. The summed E-state index contributed by atoms with van der Waals surface area (Å²) in [5.41, 5.74) is 11.4. The summed E-state index contributed by atoms with van der Waals surface area (Å²) in [6.07, 6.45) is 1.09. The highest BCUT2D eigenvalue weighted by molar-refractivity contribution is 5.80. The minimum absolute atomic E-state index is 0.323. The fraction of sp³-hybridized carbons (Fsp3) is 0.533. The van der Waals surface area contributed by atoms with Crippen molar-refractivity contribution in [3.8, 4) is 0 Å². The number of guanidine groups is 1. The van der Waals surface area contributed by atoms with Crippen LogP contribution >= 0.6 is 0 Å². The predicted molar refractivity (Wildman–Crippen MR) is 76.9 cm³/mol. The maximum atomic E-state index is 5.99. The number of hydrogen-bond donors (Lipinski definition) is 1. The van der Waals surface area contributed by atoms with Gasteiger partial charge in [0.1, 0.15) is 0 Å². The van der Waals surface area contributed by atoms with Gasteiger partial charge in [-0.3, -0.25) is 4.99 Å². The molecule has 1 aromatic carbocycles. The van der Waals surface area contributed by atoms with Gasteiger partial charge < -0.3 is 10.6 Å². The number of aryl methyl sites for hydroxylation is 3. The lowest BCUT2D eigenvalue weighted by Crippen LogP contribution is -2.36. The lowest BCUT2D eigenvalue weighted by atomic mass is 9.95. The van der Waals surface area contributed by atoms with Crippen molar-refractivity contribution in [2.24, 2.45) is 10.7 Å². The van der Waals surface area contributed by atoms with E-state index in [0.29, 0.717) is 12.0 Å². The van der Waals surface area contributed by atoms with E-state index < -0.39 is 0 Å². The Hall–Kier alpha value is -1.51. The van der Waals surface area contributed by atoms with Gasteiger partial charge in [0.15, 0.2) is 5.96 Å². The molecule has 2 N–H and O–H groups in total. The molecule has 3 nitrogen and oxygen atoms in total. The normalized spacial score (nSPS) is 19.2. The first-order chi connectivity index (χ1) is 8.54. The quantitative estimate of drug-likeness (QED) is 0.889. The minimum atomic E-state index is 0.323. The molecule has 18 heavy (non-hydrogen) atoms. The van der Waals surface area contributed by atoms with E-state index in [4.69, 9.17) is 5.73 Å². The lowest BCUT2D eigenvalue weighted by Gasteiger charge is -2.27. The molecular formula is C15H23N3. The van der Waals surface area contributed by atoms with E-state index in [1.165, 1.54) is 22.3 Å². The zero-order valence-electron chi connectivity index (χ0n) is 11.8. The summed E-state index contributed by atoms with van der Waals surface area (Å²) in [5.74, 6) is 0.694. The monoisotopic (exact) mass is 245 g/mol. The SMILES string of the molecule is CCCN1C(N)=NCC1c1cc(C)c(C)cc1C. The number of nitrogens with zero attached hydrogens (tertiary/aromatic N) is 2. The third kappa shape index (κ3) is 2.22. The highest BCUT2D eigenvalue weighted by atomic mass is 15.3. The maximum Gasteiger partial charge on any atom is 0.191 e. The number of nitrogens with two attached hydrogens (primary N) is 1. The maximum absolute atomic E-state index is 5.99. The molecule has 0 saturated carbocycles. The van der Waals surface area contributed by atoms with Crippen LogP contribution in [0.2, 0.25) is 0 Å². The van der Waals surface area contributed by atoms with Crippen molar-refractivity contribution in [3.05, 3.63) is 34.4 Å². The Morgan fingerprint density at radius 3 is 2.56 bits per heavy atom. The predicted octanol–water partition coefficient (Wildman–Crippen LogP) is 2.69. The summed E-state index contributed by atoms with van der Waals surface area (Å²) < 4.78 is 0. The van der Waals surface area contributed by atoms with Crippen LogP contribution in [0, 0.1) is 20.8 Å². The molecule has 0 amide bonds. The summed E-state index contributed by atoms with van der Waals surface area (Å²) in [6, 6.07) is 4.89. The Labute approximate surface area is 110 Å². The summed E-state index contributed by atoms with van der Waals surface area (Å²) >= 11 is 0. The third-order valence-electron chi connectivity index (χ3n) is 3.80. The van der Waals surface area contributed by atoms with Crippen LogP contribution in [0.3, 0.4) is 0 Å². The summed E-state index contributed by atoms with van der Waals surface area (Å²) in [7, 11) is 0. The van der Waals surface area contributed by atoms with Crippen LogP contribution in [0.1, 0.15) is 41.6 Å². The summed E-state index contributed by atoms with van der Waals surface area (Å²) in [5, 5.41) is 0. The van der Waals surface area contributed by atoms with Gasteiger partial charge in [0.25, 0.3) is 0 Å². The van der Waals surface area contributed by atoms with E-state index in [2.05, 4.69) is 49.7 Å². The van der Waals surface area contributed by atoms with Gasteiger partial charge in [0, 0.05) is 6.54 Å². The van der Waals surface area contributed by atoms with Crippen LogP contribution in [0.5, 0.6) is 0 Å². The third-order valence-corrected chi connectivity index (χ3v) is 3.80. The molecule has 0 saturated heterocycles. The van der Waals surface area contributed by atoms with Crippen LogP contribution in [0.15, 0.2) is 17.1 Å². The van der Waals surface area contributed by atoms with Gasteiger partial charge in [-0.25, -0.2) is 0 Å². The average Bonchev–Trinajstić information content (AvgIpc) is 2.67. The lowest BCUT2D eigenvalue weighted by molar-refractivity contribution is 0.346. The van der Waals surface area contributed by atoms with E-state index >= 15 is 0 Å². The highest BCUT2D eigenvalue weighted by Gasteiger charge is 2.27. The van der Waals surface area contributed by atoms with Gasteiger partial charge in [-0.1, -0.05) is 19.1 Å². The second kappa shape index (κ2) is 5.01. The number of hydrogen-bond acceptors (Lipinski definition) is 3. The Kier molecular flexibility index (Phi) is 3.60. The molecule has 0 bridgehead atoms. The average molecular weight is 245 g/mol. The van der Waals surface area contributed by atoms with Crippen LogP contribution in [-0.4, -0.2) is 23.9 Å². The molecule has 1 aliphatic rings. The second-order valence-electron chi connectivity index (χ2n) is 5.20. The largest absolute Gasteiger partial charge is 0.370 e. The van der Waals surface area contributed by atoms with Crippen molar-refractivity contribution in [1.29, 1.82) is 0 Å². The molecular weight excluding hydrogens is 222 g/mol. The van der Waals surface area contributed by atoms with E-state index in [0.717, 1.165) is 19.5 Å². The summed E-state index contributed by atoms with van der Waals surface area (Å²) in [6.45, 7) is 10.5. The topological polar surface area (TPSA) is 41.6 Å². The van der Waals surface area contributed by atoms with Gasteiger partial charge in [0.2, 0.25) is 0 Å². The second-order valence-corrected chi connectivity index (χ2v) is 5.20. The smallest absolute Gasteiger partial charge is 0.191 e. The van der Waals surface area contributed by atoms with Crippen LogP contribution in [0.4, 0.5) is 0 Å². The van der Waals surface area contributed by atoms with Crippen LogP contribution < -0.4 is 5.73 Å². The zero-order valence-corrected chi connectivity index (χ0v) is 11.8. The van der Waals surface area contributed by atoms with Gasteiger partial charge in [-0.15, -0.1) is 0 Å². The number of benzene rings is 1. The number of aliphatic imine (C=N–C) groups is 1. The molecule has 1 aromatic rings. The minimum Gasteiger partial charge on any atom is -0.370 e. The zero-order chi connectivity index (χ0) is 13.3. The molecule has 1 heterocycles. The van der Waals surface area contributed by atoms with Crippen LogP contribution in [0.25, 0.3) is 0 Å². The van der Waals surface area contributed by atoms with Gasteiger partial charge in [-0.05, 0) is 49.4 Å². The van der Waals surface area contributed by atoms with E-state index in [-0.39, 0.29) is 0 Å². The molecule has 98 valence electrons. The molecule has 0 aromatic heterocycles. The van der Waals surface area contributed by atoms with Crippen molar-refractivity contribution >= 4 is 5.96 Å². The van der Waals surface area contributed by atoms with Gasteiger partial charge in [-0.2, -0.15) is 0 Å². The molecule has 3 heteroatoms. The van der Waals surface area contributed by atoms with E-state index in [1.54, 1.807) is 0 Å². The highest BCUT2D eigenvalue weighted by Crippen LogP contribution is 2.29. The van der Waals surface area contributed by atoms with Crippen molar-refractivity contribution in [3.63, 3.8) is 0 Å². The van der Waals surface area contributed by atoms with Crippen molar-refractivity contribution < 1.29 is 0 Å². The first-order valence-electron chi connectivity index (χ1n) is 6.69. The Morgan fingerprint density at radius 2 is 1.89 bits per heavy atom. The molecule has 2 rings (SSSR count). The first-order valence-corrected chi connectivity index (χ1v) is 6.69. The van der Waals surface area contributed by atoms with Crippen molar-refractivity contribution in [1.82, 2.24) is 4.90 Å². The van der Waals surface area contributed by atoms with Gasteiger partial charge in [0.05, 0.1) is 12.6 Å². The molecule has 0 spiro atoms. The molecule has 1 aliphatic heterocycles. The van der Waals surface area contributed by atoms with E-state index in [1.807, 2.05) is 0 Å². The molecule has 0 aliphatic carbocycles. The van der Waals surface area contributed by atoms with Crippen LogP contribution in [-0.2, 0) is 0 Å². The fourth-order valence-corrected chi connectivity index (χ4v) is 2.65. The first kappa shape index (κ1) is 12.9. The number of rotatable bonds is 3. The van der Waals surface area contributed by atoms with Crippen molar-refractivity contribution in [2.45, 2.75) is 40.2 Å². The van der Waals surface area contributed by atoms with Crippen molar-refractivity contribution in [2.75, 3.05) is 13.1 Å². The van der Waals surface area contributed by atoms with Gasteiger partial charge >= 0.3 is 0 Å². The van der Waals surface area contributed by atoms with E-state index in [9.17, 15) is 0 Å². The molecule has 0 radical (unpaired) electrons. The molecule has 0 fully saturated rings. The standard InChI is InChI=1S/C15H23N3/c1-5-6-18-14(9-17-15(18)16)13-8-11(3)10(2)7-12(13)4/h7-8,14H,5-6,9H2,1-4H3,(H2,16,17). The Bertz CT molecular complexity index is 477. The summed E-state index contributed by atoms with van der Waals surface area (Å²) in [4.78, 5) is 6.64. The Morgan fingerprint density at radius 1 is 1.22 bits per heavy atom. The molecule has 1 unspecified atom stereocenters. The molecule has 1 atom stereocenters. The Balaban J connectivity index is 2.34.